The van der Waals surface area contributed by atoms with E-state index in [0.717, 1.165) is 41.2 Å². The Bertz CT molecular complexity index is 1780. The molecule has 0 bridgehead atoms. The summed E-state index contributed by atoms with van der Waals surface area (Å²) >= 11 is 1.08. The van der Waals surface area contributed by atoms with Gasteiger partial charge < -0.3 is 21.8 Å². The molecular weight excluding hydrogens is 700 g/mol. The summed E-state index contributed by atoms with van der Waals surface area (Å²) in [7, 11) is -6.63. The van der Waals surface area contributed by atoms with Gasteiger partial charge in [0.25, 0.3) is 0 Å². The van der Waals surface area contributed by atoms with Crippen LogP contribution in [0.3, 0.4) is 0 Å². The standard InChI is InChI=1S/C22H6F7IO9S/c23-11-4-9-15(13(25)17(11)38-30)36-16-10(5-12(24)18(14(16)26)39-40(34,35)22(27,28)29)21(9)8-2-1-6(19(31)32)3-7(8)20(33)37-21/h1-5H,(H,31,32). The third-order valence-corrected chi connectivity index (χ3v) is 7.28. The Morgan fingerprint density at radius 1 is 0.925 bits per heavy atom. The summed E-state index contributed by atoms with van der Waals surface area (Å²) in [5.41, 5.74) is -11.8. The first-order chi connectivity index (χ1) is 18.5. The minimum Gasteiger partial charge on any atom is -0.478 e. The predicted octanol–water partition coefficient (Wildman–Crippen LogP) is 5.47. The van der Waals surface area contributed by atoms with Crippen LogP contribution in [0.4, 0.5) is 30.7 Å². The van der Waals surface area contributed by atoms with Crippen LogP contribution in [-0.4, -0.2) is 31.0 Å². The van der Waals surface area contributed by atoms with E-state index in [2.05, 4.69) is 7.25 Å². The second-order valence-electron chi connectivity index (χ2n) is 8.05. The second-order valence-corrected chi connectivity index (χ2v) is 10.0. The van der Waals surface area contributed by atoms with E-state index < -0.39 is 107 Å². The number of aromatic carboxylic acids is 1. The number of alkyl halides is 3. The molecule has 1 spiro atoms. The molecule has 1 unspecified atom stereocenters. The van der Waals surface area contributed by atoms with Crippen molar-refractivity contribution >= 4 is 45.1 Å². The third kappa shape index (κ3) is 3.75. The molecule has 0 radical (unpaired) electrons. The molecule has 3 aromatic rings. The summed E-state index contributed by atoms with van der Waals surface area (Å²) < 4.78 is 141. The lowest BCUT2D eigenvalue weighted by Crippen LogP contribution is -2.35. The van der Waals surface area contributed by atoms with E-state index in [-0.39, 0.29) is 6.07 Å². The molecule has 210 valence electrons. The number of hydrogen-bond acceptors (Lipinski definition) is 8. The summed E-state index contributed by atoms with van der Waals surface area (Å²) in [5.74, 6) is -15.9. The molecule has 18 heteroatoms. The van der Waals surface area contributed by atoms with Gasteiger partial charge in [-0.2, -0.15) is 30.4 Å². The first kappa shape index (κ1) is 27.7. The van der Waals surface area contributed by atoms with E-state index in [1.807, 2.05) is 0 Å². The van der Waals surface area contributed by atoms with E-state index in [4.69, 9.17) is 9.47 Å². The Hall–Kier alpha value is -3.81. The largest absolute Gasteiger partial charge is 0.534 e. The number of carbonyl (C=O) groups is 2. The SMILES string of the molecule is O=C(O)c1ccc2c(c1)C(=O)OC21c2cc(F)c(OI)c(F)c2Oc2c1cc(F)c(OS(=O)(=O)C(F)(F)F)c2F. The third-order valence-electron chi connectivity index (χ3n) is 5.89. The molecule has 0 aromatic heterocycles. The molecule has 0 fully saturated rings. The fourth-order valence-corrected chi connectivity index (χ4v) is 5.11. The van der Waals surface area contributed by atoms with Gasteiger partial charge in [-0.25, -0.2) is 18.4 Å². The fraction of sp³-hybridized carbons (Fsp3) is 0.0909. The maximum Gasteiger partial charge on any atom is 0.534 e. The number of halogens is 8. The molecule has 0 aliphatic carbocycles. The van der Waals surface area contributed by atoms with E-state index in [1.165, 1.54) is 0 Å². The number of carboxylic acid groups (broad SMARTS) is 1. The highest BCUT2D eigenvalue weighted by Crippen LogP contribution is 2.59. The zero-order chi connectivity index (χ0) is 29.5. The summed E-state index contributed by atoms with van der Waals surface area (Å²) in [6.45, 7) is 0. The number of carbonyl (C=O) groups excluding carboxylic acids is 1. The van der Waals surface area contributed by atoms with Crippen molar-refractivity contribution in [1.82, 2.24) is 0 Å². The van der Waals surface area contributed by atoms with Gasteiger partial charge in [0.05, 0.1) is 22.3 Å². The normalized spacial score (nSPS) is 17.4. The van der Waals surface area contributed by atoms with Gasteiger partial charge in [0.1, 0.15) is 0 Å². The highest BCUT2D eigenvalue weighted by atomic mass is 127. The van der Waals surface area contributed by atoms with Crippen molar-refractivity contribution in [3.8, 4) is 23.0 Å². The van der Waals surface area contributed by atoms with Crippen LogP contribution >= 0.6 is 23.0 Å². The zero-order valence-corrected chi connectivity index (χ0v) is 21.5. The first-order valence-corrected chi connectivity index (χ1v) is 12.5. The Kier molecular flexibility index (Phi) is 6.14. The van der Waals surface area contributed by atoms with Crippen molar-refractivity contribution in [1.29, 1.82) is 0 Å². The molecule has 0 saturated carbocycles. The minimum absolute atomic E-state index is 0.175. The summed E-state index contributed by atoms with van der Waals surface area (Å²) in [6.07, 6.45) is 0. The van der Waals surface area contributed by atoms with Gasteiger partial charge >= 0.3 is 27.6 Å². The number of carboxylic acids is 1. The number of fused-ring (bicyclic) bond motifs is 6. The molecule has 1 atom stereocenters. The molecule has 1 N–H and O–H groups in total. The lowest BCUT2D eigenvalue weighted by atomic mass is 9.77. The molecule has 40 heavy (non-hydrogen) atoms. The van der Waals surface area contributed by atoms with E-state index in [9.17, 15) is 40.7 Å². The maximum atomic E-state index is 15.5. The van der Waals surface area contributed by atoms with Gasteiger partial charge in [0.2, 0.25) is 23.1 Å². The van der Waals surface area contributed by atoms with E-state index >= 15 is 13.2 Å². The summed E-state index contributed by atoms with van der Waals surface area (Å²) in [5, 5.41) is 9.28. The monoisotopic (exact) mass is 706 g/mol. The zero-order valence-electron chi connectivity index (χ0n) is 18.5. The Labute approximate surface area is 230 Å². The molecule has 5 rings (SSSR count). The Morgan fingerprint density at radius 2 is 1.48 bits per heavy atom. The average Bonchev–Trinajstić information content (AvgIpc) is 3.15. The lowest BCUT2D eigenvalue weighted by molar-refractivity contribution is -0.0502. The predicted molar refractivity (Wildman–Crippen MR) is 122 cm³/mol. The molecule has 0 amide bonds. The van der Waals surface area contributed by atoms with Crippen LogP contribution in [0.5, 0.6) is 23.0 Å². The number of rotatable bonds is 4. The molecular formula is C22H6F7IO9S. The molecule has 2 aliphatic rings. The minimum atomic E-state index is -6.63. The number of esters is 1. The average molecular weight is 706 g/mol. The van der Waals surface area contributed by atoms with Crippen LogP contribution in [0.25, 0.3) is 0 Å². The number of benzene rings is 3. The van der Waals surface area contributed by atoms with Crippen LogP contribution in [0.15, 0.2) is 30.3 Å². The van der Waals surface area contributed by atoms with Crippen LogP contribution < -0.4 is 12.0 Å². The van der Waals surface area contributed by atoms with Crippen LogP contribution in [-0.2, 0) is 20.5 Å². The highest BCUT2D eigenvalue weighted by molar-refractivity contribution is 14.1. The second kappa shape index (κ2) is 8.85. The molecule has 2 aliphatic heterocycles. The van der Waals surface area contributed by atoms with Gasteiger partial charge in [-0.1, -0.05) is 6.07 Å². The van der Waals surface area contributed by atoms with Gasteiger partial charge in [-0.15, -0.1) is 0 Å². The van der Waals surface area contributed by atoms with Crippen molar-refractivity contribution in [3.05, 3.63) is 81.4 Å². The molecule has 3 aromatic carbocycles. The highest BCUT2D eigenvalue weighted by Gasteiger charge is 2.57. The number of ether oxygens (including phenoxy) is 2. The first-order valence-electron chi connectivity index (χ1n) is 10.2. The van der Waals surface area contributed by atoms with Crippen molar-refractivity contribution in [3.63, 3.8) is 0 Å². The smallest absolute Gasteiger partial charge is 0.478 e. The van der Waals surface area contributed by atoms with Crippen molar-refractivity contribution in [2.45, 2.75) is 11.1 Å². The topological polar surface area (TPSA) is 125 Å². The summed E-state index contributed by atoms with van der Waals surface area (Å²) in [4.78, 5) is 24.3. The van der Waals surface area contributed by atoms with Crippen molar-refractivity contribution in [2.75, 3.05) is 0 Å². The summed E-state index contributed by atoms with van der Waals surface area (Å²) in [6, 6.07) is 3.37. The molecule has 0 saturated heterocycles. The Morgan fingerprint density at radius 3 is 2.00 bits per heavy atom. The molecule has 9 nitrogen and oxygen atoms in total. The van der Waals surface area contributed by atoms with Crippen LogP contribution in [0.1, 0.15) is 37.4 Å². The van der Waals surface area contributed by atoms with Gasteiger partial charge in [-0.05, 0) is 24.3 Å². The fourth-order valence-electron chi connectivity index (χ4n) is 4.24. The maximum absolute atomic E-state index is 15.5. The number of hydrogen-bond donors (Lipinski definition) is 1. The van der Waals surface area contributed by atoms with Crippen molar-refractivity contribution in [2.24, 2.45) is 0 Å². The van der Waals surface area contributed by atoms with Gasteiger partial charge in [-0.3, -0.25) is 0 Å². The van der Waals surface area contributed by atoms with Gasteiger partial charge in [0.15, 0.2) is 51.7 Å². The van der Waals surface area contributed by atoms with E-state index in [1.54, 1.807) is 0 Å². The van der Waals surface area contributed by atoms with Gasteiger partial charge in [0, 0.05) is 5.56 Å². The van der Waals surface area contributed by atoms with Crippen LogP contribution in [0.2, 0.25) is 0 Å². The quantitative estimate of drug-likeness (QED) is 0.124. The lowest BCUT2D eigenvalue weighted by Gasteiger charge is -2.37. The Balaban J connectivity index is 1.88. The van der Waals surface area contributed by atoms with Crippen molar-refractivity contribution < 1.29 is 70.6 Å². The van der Waals surface area contributed by atoms with E-state index in [0.29, 0.717) is 6.07 Å². The molecule has 2 heterocycles. The van der Waals surface area contributed by atoms with Crippen LogP contribution in [0, 0.1) is 23.3 Å².